The summed E-state index contributed by atoms with van der Waals surface area (Å²) in [7, 11) is 7.41. The fourth-order valence-electron chi connectivity index (χ4n) is 2.99. The Bertz CT molecular complexity index is 677. The second-order valence-electron chi connectivity index (χ2n) is 5.70. The molecule has 2 aromatic carbocycles. The van der Waals surface area contributed by atoms with E-state index in [2.05, 4.69) is 34.1 Å². The molecule has 0 aromatic heterocycles. The summed E-state index contributed by atoms with van der Waals surface area (Å²) >= 11 is 5.66. The molecular weight excluding hydrogens is 320 g/mol. The number of methoxy groups -OCH3 is 2. The third-order valence-corrected chi connectivity index (χ3v) is 4.95. The molecule has 0 bridgehead atoms. The predicted octanol–water partition coefficient (Wildman–Crippen LogP) is 3.89. The Hall–Kier alpha value is -2.27. The van der Waals surface area contributed by atoms with Crippen LogP contribution in [-0.4, -0.2) is 43.6 Å². The van der Waals surface area contributed by atoms with Crippen LogP contribution in [0, 0.1) is 0 Å². The standard InChI is InChI=1S/C19H21N2O2S/c1-20-17(13-5-9-15(22-3)10-6-13)18(21(2)19(20)24)14-7-11-16(23-4)12-8-14/h5-12,19H,1-4H3. The van der Waals surface area contributed by atoms with Crippen LogP contribution in [0.5, 0.6) is 11.5 Å². The molecule has 24 heavy (non-hydrogen) atoms. The van der Waals surface area contributed by atoms with Gasteiger partial charge < -0.3 is 19.3 Å². The second kappa shape index (κ2) is 6.69. The van der Waals surface area contributed by atoms with Crippen LogP contribution < -0.4 is 9.47 Å². The molecule has 1 aliphatic heterocycles. The van der Waals surface area contributed by atoms with E-state index in [4.69, 9.17) is 22.1 Å². The molecule has 0 amide bonds. The van der Waals surface area contributed by atoms with Gasteiger partial charge in [0, 0.05) is 25.2 Å². The van der Waals surface area contributed by atoms with E-state index < -0.39 is 0 Å². The number of hydrogen-bond donors (Lipinski definition) is 0. The minimum absolute atomic E-state index is 0.126. The van der Waals surface area contributed by atoms with Crippen LogP contribution in [0.4, 0.5) is 0 Å². The van der Waals surface area contributed by atoms with Gasteiger partial charge in [-0.2, -0.15) is 0 Å². The highest BCUT2D eigenvalue weighted by atomic mass is 32.1. The molecule has 0 spiro atoms. The Kier molecular flexibility index (Phi) is 4.62. The van der Waals surface area contributed by atoms with Gasteiger partial charge in [-0.15, -0.1) is 0 Å². The van der Waals surface area contributed by atoms with Crippen molar-refractivity contribution >= 4 is 24.0 Å². The third kappa shape index (κ3) is 2.80. The van der Waals surface area contributed by atoms with Crippen LogP contribution >= 0.6 is 12.6 Å². The molecule has 0 N–H and O–H groups in total. The highest BCUT2D eigenvalue weighted by molar-refractivity contribution is 7.80. The summed E-state index contributed by atoms with van der Waals surface area (Å²) in [4.78, 5) is 4.24. The van der Waals surface area contributed by atoms with E-state index in [0.717, 1.165) is 34.0 Å². The van der Waals surface area contributed by atoms with Crippen molar-refractivity contribution in [3.05, 3.63) is 59.7 Å². The zero-order valence-electron chi connectivity index (χ0n) is 14.3. The summed E-state index contributed by atoms with van der Waals surface area (Å²) in [5.41, 5.74) is 4.33. The van der Waals surface area contributed by atoms with Crippen molar-refractivity contribution < 1.29 is 9.47 Å². The number of ether oxygens (including phenoxy) is 2. The molecule has 0 aliphatic carbocycles. The van der Waals surface area contributed by atoms with Crippen LogP contribution in [0.25, 0.3) is 11.4 Å². The van der Waals surface area contributed by atoms with Crippen LogP contribution in [0.3, 0.4) is 0 Å². The molecule has 0 atom stereocenters. The van der Waals surface area contributed by atoms with E-state index in [-0.39, 0.29) is 5.50 Å². The van der Waals surface area contributed by atoms with Gasteiger partial charge in [0.25, 0.3) is 0 Å². The number of hydrogen-bond acceptors (Lipinski definition) is 4. The van der Waals surface area contributed by atoms with Gasteiger partial charge in [0.15, 0.2) is 5.50 Å². The van der Waals surface area contributed by atoms with E-state index in [1.165, 1.54) is 0 Å². The molecule has 125 valence electrons. The van der Waals surface area contributed by atoms with E-state index in [0.29, 0.717) is 0 Å². The van der Waals surface area contributed by atoms with Crippen molar-refractivity contribution in [1.29, 1.82) is 0 Å². The predicted molar refractivity (Wildman–Crippen MR) is 99.7 cm³/mol. The van der Waals surface area contributed by atoms with Crippen molar-refractivity contribution in [3.8, 4) is 11.5 Å². The van der Waals surface area contributed by atoms with Gasteiger partial charge in [-0.05, 0) is 61.2 Å². The van der Waals surface area contributed by atoms with E-state index in [1.54, 1.807) is 14.2 Å². The maximum absolute atomic E-state index is 5.66. The van der Waals surface area contributed by atoms with Crippen LogP contribution in [0.1, 0.15) is 11.1 Å². The maximum atomic E-state index is 5.66. The monoisotopic (exact) mass is 341 g/mol. The summed E-state index contributed by atoms with van der Waals surface area (Å²) in [6.45, 7) is 0. The average molecular weight is 341 g/mol. The lowest BCUT2D eigenvalue weighted by atomic mass is 10.0. The smallest absolute Gasteiger partial charge is 0.160 e. The topological polar surface area (TPSA) is 24.9 Å². The molecule has 4 nitrogen and oxygen atoms in total. The fraction of sp³-hybridized carbons (Fsp3) is 0.263. The summed E-state index contributed by atoms with van der Waals surface area (Å²) in [5, 5.41) is 0. The molecule has 1 heterocycles. The zero-order chi connectivity index (χ0) is 17.3. The molecule has 0 fully saturated rings. The third-order valence-electron chi connectivity index (χ3n) is 4.32. The van der Waals surface area contributed by atoms with Crippen molar-refractivity contribution in [1.82, 2.24) is 9.80 Å². The van der Waals surface area contributed by atoms with Gasteiger partial charge in [0.2, 0.25) is 0 Å². The molecule has 0 saturated heterocycles. The Morgan fingerprint density at radius 1 is 0.708 bits per heavy atom. The first kappa shape index (κ1) is 16.6. The summed E-state index contributed by atoms with van der Waals surface area (Å²) in [6.07, 6.45) is 0. The second-order valence-corrected chi connectivity index (χ2v) is 6.12. The van der Waals surface area contributed by atoms with Crippen molar-refractivity contribution in [2.24, 2.45) is 0 Å². The Morgan fingerprint density at radius 3 is 1.33 bits per heavy atom. The number of rotatable bonds is 4. The van der Waals surface area contributed by atoms with Crippen LogP contribution in [0.2, 0.25) is 0 Å². The van der Waals surface area contributed by atoms with Crippen molar-refractivity contribution in [2.75, 3.05) is 28.3 Å². The highest BCUT2D eigenvalue weighted by Gasteiger charge is 2.33. The van der Waals surface area contributed by atoms with Gasteiger partial charge >= 0.3 is 0 Å². The Balaban J connectivity index is 2.11. The number of benzene rings is 2. The molecule has 5 heteroatoms. The fourth-order valence-corrected chi connectivity index (χ4v) is 3.20. The Labute approximate surface area is 148 Å². The molecule has 3 rings (SSSR count). The maximum Gasteiger partial charge on any atom is 0.160 e. The van der Waals surface area contributed by atoms with Crippen LogP contribution in [0.15, 0.2) is 48.5 Å². The van der Waals surface area contributed by atoms with Gasteiger partial charge in [0.05, 0.1) is 25.6 Å². The van der Waals surface area contributed by atoms with Gasteiger partial charge in [-0.25, -0.2) is 0 Å². The van der Waals surface area contributed by atoms with E-state index in [1.807, 2.05) is 38.4 Å². The van der Waals surface area contributed by atoms with Gasteiger partial charge in [0.1, 0.15) is 11.5 Å². The highest BCUT2D eigenvalue weighted by Crippen LogP contribution is 2.40. The molecule has 1 radical (unpaired) electrons. The minimum atomic E-state index is -0.126. The average Bonchev–Trinajstić information content (AvgIpc) is 2.86. The lowest BCUT2D eigenvalue weighted by Gasteiger charge is -2.24. The minimum Gasteiger partial charge on any atom is -0.497 e. The molecule has 2 aromatic rings. The molecular formula is C19H21N2O2S. The molecule has 1 aliphatic rings. The summed E-state index contributed by atoms with van der Waals surface area (Å²) in [5.74, 6) is 1.68. The normalized spacial score (nSPS) is 15.2. The zero-order valence-corrected chi connectivity index (χ0v) is 15.1. The number of nitrogens with zero attached hydrogens (tertiary/aromatic N) is 2. The van der Waals surface area contributed by atoms with E-state index in [9.17, 15) is 0 Å². The lowest BCUT2D eigenvalue weighted by Crippen LogP contribution is -2.30. The van der Waals surface area contributed by atoms with Crippen LogP contribution in [-0.2, 0) is 0 Å². The van der Waals surface area contributed by atoms with Gasteiger partial charge in [-0.1, -0.05) is 0 Å². The van der Waals surface area contributed by atoms with E-state index >= 15 is 0 Å². The molecule has 0 saturated carbocycles. The first-order valence-electron chi connectivity index (χ1n) is 7.71. The SMILES string of the molecule is COc1ccc(C2=C(c3ccc(OC)cc3)N(C)C([S])N2C)cc1. The lowest BCUT2D eigenvalue weighted by molar-refractivity contribution is 0.319. The summed E-state index contributed by atoms with van der Waals surface area (Å²) in [6, 6.07) is 16.1. The quantitative estimate of drug-likeness (QED) is 0.842. The van der Waals surface area contributed by atoms with Crippen molar-refractivity contribution in [2.45, 2.75) is 5.50 Å². The molecule has 0 unspecified atom stereocenters. The van der Waals surface area contributed by atoms with Gasteiger partial charge in [-0.3, -0.25) is 0 Å². The summed E-state index contributed by atoms with van der Waals surface area (Å²) < 4.78 is 10.5. The van der Waals surface area contributed by atoms with Crippen molar-refractivity contribution in [3.63, 3.8) is 0 Å². The first-order valence-corrected chi connectivity index (χ1v) is 8.18. The first-order chi connectivity index (χ1) is 11.6. The largest absolute Gasteiger partial charge is 0.497 e. The Morgan fingerprint density at radius 2 is 1.04 bits per heavy atom.